The van der Waals surface area contributed by atoms with Crippen LogP contribution >= 0.6 is 0 Å². The van der Waals surface area contributed by atoms with E-state index in [1.807, 2.05) is 0 Å². The van der Waals surface area contributed by atoms with Gasteiger partial charge in [-0.15, -0.1) is 13.2 Å². The fraction of sp³-hybridized carbons (Fsp3) is 0.150. The number of alkyl halides is 3. The van der Waals surface area contributed by atoms with E-state index in [1.165, 1.54) is 36.4 Å². The van der Waals surface area contributed by atoms with Crippen molar-refractivity contribution >= 4 is 22.9 Å². The molecule has 0 radical (unpaired) electrons. The number of aromatic nitrogens is 1. The Bertz CT molecular complexity index is 1070. The second kappa shape index (κ2) is 7.38. The van der Waals surface area contributed by atoms with Crippen molar-refractivity contribution in [2.75, 3.05) is 0 Å². The first-order valence-electron chi connectivity index (χ1n) is 8.18. The Labute approximate surface area is 157 Å². The Morgan fingerprint density at radius 1 is 1.21 bits per heavy atom. The summed E-state index contributed by atoms with van der Waals surface area (Å²) in [5.74, 6) is -1.96. The molecule has 2 aromatic carbocycles. The van der Waals surface area contributed by atoms with Gasteiger partial charge in [0.2, 0.25) is 0 Å². The lowest BCUT2D eigenvalue weighted by Crippen LogP contribution is -2.17. The van der Waals surface area contributed by atoms with E-state index >= 15 is 0 Å². The Morgan fingerprint density at radius 3 is 2.64 bits per heavy atom. The van der Waals surface area contributed by atoms with Gasteiger partial charge in [0.05, 0.1) is 0 Å². The standard InChI is InChI=1S/C20H15F4NO3/c1-12-16(6-8-19(26)27)17-10-14(21)5-7-18(17)25(12)11-13-3-2-4-15(9-13)28-20(22,23)24/h2-10H,11H2,1H3,(H,26,27). The van der Waals surface area contributed by atoms with Crippen molar-refractivity contribution in [2.45, 2.75) is 19.8 Å². The van der Waals surface area contributed by atoms with Crippen LogP contribution in [0.5, 0.6) is 5.75 Å². The highest BCUT2D eigenvalue weighted by atomic mass is 19.4. The van der Waals surface area contributed by atoms with Gasteiger partial charge in [-0.05, 0) is 48.9 Å². The van der Waals surface area contributed by atoms with Crippen molar-refractivity contribution in [1.29, 1.82) is 0 Å². The van der Waals surface area contributed by atoms with Gasteiger partial charge in [0, 0.05) is 34.8 Å². The lowest BCUT2D eigenvalue weighted by Gasteiger charge is -2.12. The summed E-state index contributed by atoms with van der Waals surface area (Å²) in [4.78, 5) is 10.9. The van der Waals surface area contributed by atoms with Gasteiger partial charge in [-0.1, -0.05) is 12.1 Å². The van der Waals surface area contributed by atoms with Gasteiger partial charge >= 0.3 is 12.3 Å². The number of fused-ring (bicyclic) bond motifs is 1. The summed E-state index contributed by atoms with van der Waals surface area (Å²) in [7, 11) is 0. The van der Waals surface area contributed by atoms with Crippen LogP contribution in [-0.4, -0.2) is 22.0 Å². The maximum Gasteiger partial charge on any atom is 0.573 e. The number of nitrogens with zero attached hydrogens (tertiary/aromatic N) is 1. The highest BCUT2D eigenvalue weighted by molar-refractivity contribution is 5.95. The van der Waals surface area contributed by atoms with Crippen LogP contribution in [0, 0.1) is 12.7 Å². The third kappa shape index (κ3) is 4.33. The molecule has 0 saturated carbocycles. The molecule has 28 heavy (non-hydrogen) atoms. The lowest BCUT2D eigenvalue weighted by atomic mass is 10.1. The van der Waals surface area contributed by atoms with Crippen LogP contribution in [0.3, 0.4) is 0 Å². The van der Waals surface area contributed by atoms with Gasteiger partial charge in [-0.3, -0.25) is 0 Å². The van der Waals surface area contributed by atoms with Crippen molar-refractivity contribution in [3.8, 4) is 5.75 Å². The molecule has 0 atom stereocenters. The SMILES string of the molecule is Cc1c(C=CC(=O)O)c2cc(F)ccc2n1Cc1cccc(OC(F)(F)F)c1. The van der Waals surface area contributed by atoms with Gasteiger partial charge in [0.1, 0.15) is 11.6 Å². The van der Waals surface area contributed by atoms with Crippen LogP contribution < -0.4 is 4.74 Å². The molecule has 0 aliphatic rings. The minimum absolute atomic E-state index is 0.198. The molecule has 3 rings (SSSR count). The number of carboxylic acids is 1. The number of rotatable bonds is 5. The molecule has 0 unspecified atom stereocenters. The summed E-state index contributed by atoms with van der Waals surface area (Å²) < 4.78 is 56.8. The van der Waals surface area contributed by atoms with Crippen LogP contribution in [0.2, 0.25) is 0 Å². The van der Waals surface area contributed by atoms with Gasteiger partial charge in [0.15, 0.2) is 0 Å². The predicted octanol–water partition coefficient (Wildman–Crippen LogP) is 5.13. The number of carboxylic acid groups (broad SMARTS) is 1. The molecular formula is C20H15F4NO3. The van der Waals surface area contributed by atoms with Crippen LogP contribution in [0.1, 0.15) is 16.8 Å². The number of hydrogen-bond acceptors (Lipinski definition) is 2. The number of hydrogen-bond donors (Lipinski definition) is 1. The molecule has 1 aromatic heterocycles. The number of aliphatic carboxylic acids is 1. The lowest BCUT2D eigenvalue weighted by molar-refractivity contribution is -0.274. The summed E-state index contributed by atoms with van der Waals surface area (Å²) in [5.41, 5.74) is 2.35. The molecule has 0 saturated heterocycles. The second-order valence-corrected chi connectivity index (χ2v) is 6.11. The van der Waals surface area contributed by atoms with Crippen LogP contribution in [0.25, 0.3) is 17.0 Å². The highest BCUT2D eigenvalue weighted by Gasteiger charge is 2.31. The molecule has 0 spiro atoms. The summed E-state index contributed by atoms with van der Waals surface area (Å²) in [6.07, 6.45) is -2.46. The summed E-state index contributed by atoms with van der Waals surface area (Å²) in [5, 5.41) is 9.40. The van der Waals surface area contributed by atoms with E-state index in [9.17, 15) is 22.4 Å². The monoisotopic (exact) mass is 393 g/mol. The molecule has 0 aliphatic carbocycles. The second-order valence-electron chi connectivity index (χ2n) is 6.11. The Kier molecular flexibility index (Phi) is 5.13. The van der Waals surface area contributed by atoms with E-state index in [2.05, 4.69) is 4.74 Å². The van der Waals surface area contributed by atoms with E-state index < -0.39 is 18.1 Å². The minimum Gasteiger partial charge on any atom is -0.478 e. The van der Waals surface area contributed by atoms with Gasteiger partial charge in [-0.25, -0.2) is 9.18 Å². The zero-order valence-electron chi connectivity index (χ0n) is 14.6. The van der Waals surface area contributed by atoms with Crippen molar-refractivity contribution in [3.05, 3.63) is 71.2 Å². The van der Waals surface area contributed by atoms with Gasteiger partial charge < -0.3 is 14.4 Å². The number of benzene rings is 2. The average molecular weight is 393 g/mol. The predicted molar refractivity (Wildman–Crippen MR) is 95.5 cm³/mol. The molecule has 0 bridgehead atoms. The van der Waals surface area contributed by atoms with Crippen LogP contribution in [0.15, 0.2) is 48.5 Å². The summed E-state index contributed by atoms with van der Waals surface area (Å²) in [6, 6.07) is 9.68. The number of ether oxygens (including phenoxy) is 1. The Balaban J connectivity index is 2.05. The van der Waals surface area contributed by atoms with Crippen molar-refractivity contribution < 1.29 is 32.2 Å². The van der Waals surface area contributed by atoms with E-state index in [0.717, 1.165) is 6.08 Å². The first kappa shape index (κ1) is 19.5. The summed E-state index contributed by atoms with van der Waals surface area (Å²) in [6.45, 7) is 1.93. The van der Waals surface area contributed by atoms with E-state index in [4.69, 9.17) is 5.11 Å². The minimum atomic E-state index is -4.79. The smallest absolute Gasteiger partial charge is 0.478 e. The first-order chi connectivity index (χ1) is 13.1. The number of carbonyl (C=O) groups is 1. The van der Waals surface area contributed by atoms with Crippen LogP contribution in [0.4, 0.5) is 17.6 Å². The number of halogens is 4. The quantitative estimate of drug-likeness (QED) is 0.483. The fourth-order valence-electron chi connectivity index (χ4n) is 3.07. The molecule has 4 nitrogen and oxygen atoms in total. The molecular weight excluding hydrogens is 378 g/mol. The molecule has 3 aromatic rings. The van der Waals surface area contributed by atoms with Gasteiger partial charge in [0.25, 0.3) is 0 Å². The topological polar surface area (TPSA) is 51.5 Å². The zero-order chi connectivity index (χ0) is 20.5. The van der Waals surface area contributed by atoms with E-state index in [-0.39, 0.29) is 12.3 Å². The van der Waals surface area contributed by atoms with E-state index in [1.54, 1.807) is 23.6 Å². The molecule has 1 N–H and O–H groups in total. The van der Waals surface area contributed by atoms with Crippen molar-refractivity contribution in [3.63, 3.8) is 0 Å². The fourth-order valence-corrected chi connectivity index (χ4v) is 3.07. The van der Waals surface area contributed by atoms with E-state index in [0.29, 0.717) is 27.7 Å². The highest BCUT2D eigenvalue weighted by Crippen LogP contribution is 2.30. The van der Waals surface area contributed by atoms with Crippen LogP contribution in [-0.2, 0) is 11.3 Å². The largest absolute Gasteiger partial charge is 0.573 e. The molecule has 0 fully saturated rings. The zero-order valence-corrected chi connectivity index (χ0v) is 14.6. The molecule has 146 valence electrons. The Morgan fingerprint density at radius 2 is 1.96 bits per heavy atom. The molecule has 1 heterocycles. The molecule has 8 heteroatoms. The first-order valence-corrected chi connectivity index (χ1v) is 8.18. The third-order valence-corrected chi connectivity index (χ3v) is 4.20. The normalized spacial score (nSPS) is 12.0. The third-order valence-electron chi connectivity index (χ3n) is 4.20. The van der Waals surface area contributed by atoms with Crippen molar-refractivity contribution in [2.24, 2.45) is 0 Å². The maximum atomic E-state index is 13.7. The molecule has 0 aliphatic heterocycles. The average Bonchev–Trinajstić information content (AvgIpc) is 2.83. The summed E-state index contributed by atoms with van der Waals surface area (Å²) >= 11 is 0. The van der Waals surface area contributed by atoms with Gasteiger partial charge in [-0.2, -0.15) is 0 Å². The Hall–Kier alpha value is -3.29. The maximum absolute atomic E-state index is 13.7. The van der Waals surface area contributed by atoms with Crippen molar-refractivity contribution in [1.82, 2.24) is 4.57 Å². The molecule has 0 amide bonds.